The number of nitrogens with zero attached hydrogens (tertiary/aromatic N) is 1. The van der Waals surface area contributed by atoms with Gasteiger partial charge in [-0.1, -0.05) is 0 Å². The molecule has 1 aromatic heterocycles. The minimum absolute atomic E-state index is 0.00180. The van der Waals surface area contributed by atoms with E-state index in [1.54, 1.807) is 24.8 Å². The van der Waals surface area contributed by atoms with Gasteiger partial charge in [0.25, 0.3) is 5.91 Å². The summed E-state index contributed by atoms with van der Waals surface area (Å²) in [5, 5.41) is 3.93. The van der Waals surface area contributed by atoms with Crippen molar-refractivity contribution in [2.45, 2.75) is 25.3 Å². The van der Waals surface area contributed by atoms with Crippen molar-refractivity contribution in [3.8, 4) is 0 Å². The molecule has 1 amide bonds. The Morgan fingerprint density at radius 2 is 2.53 bits per heavy atom. The van der Waals surface area contributed by atoms with Crippen LogP contribution in [-0.4, -0.2) is 31.8 Å². The maximum Gasteiger partial charge on any atom is 0.298 e. The Morgan fingerprint density at radius 1 is 1.65 bits per heavy atom. The molecule has 2 atom stereocenters. The molecular formula is C12H18N3O2+. The van der Waals surface area contributed by atoms with E-state index in [9.17, 15) is 4.79 Å². The van der Waals surface area contributed by atoms with Crippen LogP contribution in [0.4, 0.5) is 0 Å². The summed E-state index contributed by atoms with van der Waals surface area (Å²) in [4.78, 5) is 13.1. The second kappa shape index (κ2) is 5.63. The van der Waals surface area contributed by atoms with Crippen LogP contribution in [0.5, 0.6) is 0 Å². The summed E-state index contributed by atoms with van der Waals surface area (Å²) < 4.78 is 4.90. The van der Waals surface area contributed by atoms with Gasteiger partial charge in [-0.15, -0.1) is 0 Å². The number of carbonyl (C=O) groups is 1. The number of quaternary nitrogens is 1. The minimum atomic E-state index is 0.00180. The third kappa shape index (κ3) is 3.17. The molecule has 1 aliphatic heterocycles. The van der Waals surface area contributed by atoms with Gasteiger partial charge < -0.3 is 9.32 Å². The summed E-state index contributed by atoms with van der Waals surface area (Å²) >= 11 is 0. The molecular weight excluding hydrogens is 218 g/mol. The van der Waals surface area contributed by atoms with Crippen LogP contribution >= 0.6 is 0 Å². The van der Waals surface area contributed by atoms with Crippen LogP contribution < -0.4 is 10.3 Å². The molecule has 5 nitrogen and oxygen atoms in total. The van der Waals surface area contributed by atoms with Gasteiger partial charge in [-0.05, 0) is 18.9 Å². The summed E-state index contributed by atoms with van der Waals surface area (Å²) in [5.74, 6) is 0.00180. The summed E-state index contributed by atoms with van der Waals surface area (Å²) in [6, 6.07) is 1.82. The average molecular weight is 236 g/mol. The highest BCUT2D eigenvalue weighted by Gasteiger charge is 2.29. The maximum atomic E-state index is 11.9. The normalized spacial score (nSPS) is 25.0. The lowest BCUT2D eigenvalue weighted by Gasteiger charge is -2.27. The van der Waals surface area contributed by atoms with Crippen LogP contribution in [0.3, 0.4) is 0 Å². The Labute approximate surface area is 100 Å². The van der Waals surface area contributed by atoms with E-state index in [0.29, 0.717) is 0 Å². The first kappa shape index (κ1) is 11.9. The van der Waals surface area contributed by atoms with E-state index in [1.165, 1.54) is 11.3 Å². The number of likely N-dealkylation sites (N-methyl/N-ethyl adjacent to an activating group) is 1. The predicted octanol–water partition coefficient (Wildman–Crippen LogP) is -0.203. The molecule has 0 saturated carbocycles. The van der Waals surface area contributed by atoms with E-state index >= 15 is 0 Å². The van der Waals surface area contributed by atoms with Crippen molar-refractivity contribution in [3.63, 3.8) is 0 Å². The van der Waals surface area contributed by atoms with Gasteiger partial charge in [-0.25, -0.2) is 5.43 Å². The van der Waals surface area contributed by atoms with Gasteiger partial charge in [-0.3, -0.25) is 4.79 Å². The van der Waals surface area contributed by atoms with E-state index in [0.717, 1.165) is 24.9 Å². The molecule has 1 saturated heterocycles. The highest BCUT2D eigenvalue weighted by Crippen LogP contribution is 2.02. The SMILES string of the molecule is C[NH+]1CCCC[C@H]1C(=O)N/N=C\c1ccoc1. The van der Waals surface area contributed by atoms with E-state index in [4.69, 9.17) is 4.42 Å². The van der Waals surface area contributed by atoms with Crippen molar-refractivity contribution in [3.05, 3.63) is 24.2 Å². The predicted molar refractivity (Wildman–Crippen MR) is 63.8 cm³/mol. The van der Waals surface area contributed by atoms with Gasteiger partial charge in [0.05, 0.1) is 32.3 Å². The van der Waals surface area contributed by atoms with Crippen LogP contribution in [0.1, 0.15) is 24.8 Å². The zero-order valence-electron chi connectivity index (χ0n) is 9.98. The van der Waals surface area contributed by atoms with Crippen LogP contribution in [0, 0.1) is 0 Å². The number of rotatable bonds is 3. The highest BCUT2D eigenvalue weighted by atomic mass is 16.3. The zero-order valence-corrected chi connectivity index (χ0v) is 9.98. The van der Waals surface area contributed by atoms with E-state index < -0.39 is 0 Å². The van der Waals surface area contributed by atoms with Crippen LogP contribution in [0.25, 0.3) is 0 Å². The third-order valence-corrected chi connectivity index (χ3v) is 3.16. The molecule has 2 N–H and O–H groups in total. The fraction of sp³-hybridized carbons (Fsp3) is 0.500. The van der Waals surface area contributed by atoms with Crippen molar-refractivity contribution in [2.75, 3.05) is 13.6 Å². The average Bonchev–Trinajstić information content (AvgIpc) is 2.82. The monoisotopic (exact) mass is 236 g/mol. The quantitative estimate of drug-likeness (QED) is 0.564. The number of piperidine rings is 1. The first-order chi connectivity index (χ1) is 8.27. The zero-order chi connectivity index (χ0) is 12.1. The lowest BCUT2D eigenvalue weighted by molar-refractivity contribution is -0.901. The molecule has 2 heterocycles. The second-order valence-corrected chi connectivity index (χ2v) is 4.44. The van der Waals surface area contributed by atoms with Crippen molar-refractivity contribution < 1.29 is 14.1 Å². The molecule has 0 spiro atoms. The lowest BCUT2D eigenvalue weighted by Crippen LogP contribution is -3.15. The van der Waals surface area contributed by atoms with E-state index in [2.05, 4.69) is 17.6 Å². The van der Waals surface area contributed by atoms with Gasteiger partial charge in [0.15, 0.2) is 6.04 Å². The standard InChI is InChI=1S/C12H17N3O2/c1-15-6-3-2-4-11(15)12(16)14-13-8-10-5-7-17-9-10/h5,7-9,11H,2-4,6H2,1H3,(H,14,16)/p+1/b13-8-/t11-/m0/s1. The Morgan fingerprint density at radius 3 is 3.24 bits per heavy atom. The first-order valence-electron chi connectivity index (χ1n) is 5.95. The fourth-order valence-corrected chi connectivity index (χ4v) is 2.12. The molecule has 17 heavy (non-hydrogen) atoms. The van der Waals surface area contributed by atoms with E-state index in [-0.39, 0.29) is 11.9 Å². The number of hydrogen-bond donors (Lipinski definition) is 2. The highest BCUT2D eigenvalue weighted by molar-refractivity contribution is 5.83. The smallest absolute Gasteiger partial charge is 0.298 e. The lowest BCUT2D eigenvalue weighted by atomic mass is 10.0. The summed E-state index contributed by atoms with van der Waals surface area (Å²) in [6.45, 7) is 1.06. The molecule has 1 unspecified atom stereocenters. The summed E-state index contributed by atoms with van der Waals surface area (Å²) in [6.07, 6.45) is 8.00. The third-order valence-electron chi connectivity index (χ3n) is 3.16. The van der Waals surface area contributed by atoms with Crippen LogP contribution in [0.2, 0.25) is 0 Å². The Bertz CT molecular complexity index is 386. The minimum Gasteiger partial charge on any atom is -0.472 e. The number of furan rings is 1. The Hall–Kier alpha value is -1.62. The van der Waals surface area contributed by atoms with E-state index in [1.807, 2.05) is 0 Å². The molecule has 0 radical (unpaired) electrons. The Kier molecular flexibility index (Phi) is 3.93. The molecule has 1 fully saturated rings. The van der Waals surface area contributed by atoms with Gasteiger partial charge in [-0.2, -0.15) is 5.10 Å². The molecule has 1 aromatic rings. The number of amides is 1. The number of likely N-dealkylation sites (tertiary alicyclic amines) is 1. The molecule has 5 heteroatoms. The van der Waals surface area contributed by atoms with Crippen molar-refractivity contribution >= 4 is 12.1 Å². The number of carbonyl (C=O) groups excluding carboxylic acids is 1. The molecule has 0 bridgehead atoms. The summed E-state index contributed by atoms with van der Waals surface area (Å²) in [5.41, 5.74) is 3.43. The van der Waals surface area contributed by atoms with Gasteiger partial charge in [0, 0.05) is 12.0 Å². The topological polar surface area (TPSA) is 59.0 Å². The van der Waals surface area contributed by atoms with Crippen molar-refractivity contribution in [1.82, 2.24) is 5.43 Å². The van der Waals surface area contributed by atoms with Gasteiger partial charge >= 0.3 is 0 Å². The molecule has 1 aliphatic rings. The van der Waals surface area contributed by atoms with Crippen LogP contribution in [-0.2, 0) is 4.79 Å². The summed E-state index contributed by atoms with van der Waals surface area (Å²) in [7, 11) is 2.06. The first-order valence-corrected chi connectivity index (χ1v) is 5.95. The fourth-order valence-electron chi connectivity index (χ4n) is 2.12. The number of hydrazone groups is 1. The second-order valence-electron chi connectivity index (χ2n) is 4.44. The van der Waals surface area contributed by atoms with Crippen molar-refractivity contribution in [2.24, 2.45) is 5.10 Å². The number of hydrogen-bond acceptors (Lipinski definition) is 3. The van der Waals surface area contributed by atoms with Crippen LogP contribution in [0.15, 0.2) is 28.1 Å². The maximum absolute atomic E-state index is 11.9. The molecule has 0 aliphatic carbocycles. The van der Waals surface area contributed by atoms with Crippen molar-refractivity contribution in [1.29, 1.82) is 0 Å². The molecule has 2 rings (SSSR count). The molecule has 92 valence electrons. The van der Waals surface area contributed by atoms with Gasteiger partial charge in [0.2, 0.25) is 0 Å². The number of nitrogens with one attached hydrogen (secondary N) is 2. The molecule has 0 aromatic carbocycles. The Balaban J connectivity index is 1.84. The van der Waals surface area contributed by atoms with Gasteiger partial charge in [0.1, 0.15) is 0 Å². The largest absolute Gasteiger partial charge is 0.472 e.